The third kappa shape index (κ3) is 3.06. The van der Waals surface area contributed by atoms with E-state index in [4.69, 9.17) is 0 Å². The molecule has 3 aromatic rings. The number of rotatable bonds is 3. The van der Waals surface area contributed by atoms with Crippen LogP contribution in [0, 0.1) is 5.21 Å². The lowest BCUT2D eigenvalue weighted by molar-refractivity contribution is -0.605. The molecule has 0 aliphatic carbocycles. The summed E-state index contributed by atoms with van der Waals surface area (Å²) < 4.78 is 0.633. The number of nitrogens with one attached hydrogen (secondary N) is 1. The van der Waals surface area contributed by atoms with Gasteiger partial charge in [-0.2, -0.15) is 4.73 Å². The van der Waals surface area contributed by atoms with Gasteiger partial charge in [-0.05, 0) is 0 Å². The number of thiazole rings is 1. The predicted octanol–water partition coefficient (Wildman–Crippen LogP) is 2.70. The monoisotopic (exact) mass is 297 g/mol. The summed E-state index contributed by atoms with van der Waals surface area (Å²) in [5.41, 5.74) is 2.24. The fourth-order valence-corrected chi connectivity index (χ4v) is 2.52. The average Bonchev–Trinajstić information content (AvgIpc) is 2.97. The van der Waals surface area contributed by atoms with Gasteiger partial charge in [0.05, 0.1) is 11.3 Å². The lowest BCUT2D eigenvalue weighted by atomic mass is 10.2. The van der Waals surface area contributed by atoms with Crippen molar-refractivity contribution in [2.45, 2.75) is 0 Å². The van der Waals surface area contributed by atoms with Gasteiger partial charge in [0.1, 0.15) is 0 Å². The minimum atomic E-state index is -0.287. The number of hydrogen-bond donors (Lipinski definition) is 1. The highest BCUT2D eigenvalue weighted by molar-refractivity contribution is 7.14. The molecule has 0 aliphatic rings. The van der Waals surface area contributed by atoms with E-state index in [2.05, 4.69) is 10.3 Å². The van der Waals surface area contributed by atoms with Crippen LogP contribution in [0.15, 0.2) is 60.2 Å². The van der Waals surface area contributed by atoms with Crippen molar-refractivity contribution >= 4 is 22.4 Å². The summed E-state index contributed by atoms with van der Waals surface area (Å²) in [6, 6.07) is 12.7. The fourth-order valence-electron chi connectivity index (χ4n) is 1.81. The molecule has 104 valence electrons. The van der Waals surface area contributed by atoms with E-state index in [1.54, 1.807) is 0 Å². The summed E-state index contributed by atoms with van der Waals surface area (Å²) in [6.45, 7) is 0. The van der Waals surface area contributed by atoms with Crippen LogP contribution in [-0.2, 0) is 0 Å². The molecule has 0 fully saturated rings. The third-order valence-corrected chi connectivity index (χ3v) is 3.62. The van der Waals surface area contributed by atoms with Gasteiger partial charge >= 0.3 is 0 Å². The van der Waals surface area contributed by atoms with Crippen LogP contribution in [-0.4, -0.2) is 10.9 Å². The second-order valence-corrected chi connectivity index (χ2v) is 5.16. The van der Waals surface area contributed by atoms with E-state index in [9.17, 15) is 10.0 Å². The Morgan fingerprint density at radius 1 is 1.14 bits per heavy atom. The largest absolute Gasteiger partial charge is 0.619 e. The van der Waals surface area contributed by atoms with E-state index < -0.39 is 0 Å². The molecule has 5 nitrogen and oxygen atoms in total. The molecular weight excluding hydrogens is 286 g/mol. The number of carbonyl (C=O) groups excluding carboxylic acids is 1. The van der Waals surface area contributed by atoms with Crippen LogP contribution in [0.4, 0.5) is 5.13 Å². The minimum Gasteiger partial charge on any atom is -0.619 e. The number of benzene rings is 1. The van der Waals surface area contributed by atoms with Gasteiger partial charge in [0.2, 0.25) is 0 Å². The summed E-state index contributed by atoms with van der Waals surface area (Å²) in [5, 5.41) is 16.1. The summed E-state index contributed by atoms with van der Waals surface area (Å²) in [6.07, 6.45) is 2.57. The van der Waals surface area contributed by atoms with Gasteiger partial charge in [-0.1, -0.05) is 30.3 Å². The average molecular weight is 297 g/mol. The zero-order chi connectivity index (χ0) is 14.7. The number of anilines is 1. The van der Waals surface area contributed by atoms with Gasteiger partial charge in [0, 0.05) is 23.1 Å². The van der Waals surface area contributed by atoms with Crippen LogP contribution in [0.25, 0.3) is 11.3 Å². The second kappa shape index (κ2) is 5.72. The van der Waals surface area contributed by atoms with Crippen LogP contribution in [0.3, 0.4) is 0 Å². The molecule has 6 heteroatoms. The molecule has 0 saturated heterocycles. The Bertz CT molecular complexity index is 754. The van der Waals surface area contributed by atoms with Crippen molar-refractivity contribution in [3.8, 4) is 11.3 Å². The first-order valence-electron chi connectivity index (χ1n) is 6.23. The van der Waals surface area contributed by atoms with Crippen molar-refractivity contribution in [1.82, 2.24) is 4.98 Å². The predicted molar refractivity (Wildman–Crippen MR) is 80.9 cm³/mol. The normalized spacial score (nSPS) is 10.3. The summed E-state index contributed by atoms with van der Waals surface area (Å²) in [7, 11) is 0. The van der Waals surface area contributed by atoms with Gasteiger partial charge in [-0.25, -0.2) is 4.98 Å². The number of pyridine rings is 1. The minimum absolute atomic E-state index is 0.287. The lowest BCUT2D eigenvalue weighted by Gasteiger charge is -2.01. The maximum absolute atomic E-state index is 12.0. The van der Waals surface area contributed by atoms with Crippen molar-refractivity contribution in [2.24, 2.45) is 0 Å². The van der Waals surface area contributed by atoms with Gasteiger partial charge < -0.3 is 5.21 Å². The quantitative estimate of drug-likeness (QED) is 0.597. The van der Waals surface area contributed by atoms with Crippen LogP contribution < -0.4 is 10.0 Å². The molecule has 0 spiro atoms. The van der Waals surface area contributed by atoms with Gasteiger partial charge in [0.15, 0.2) is 17.5 Å². The Balaban J connectivity index is 1.75. The zero-order valence-corrected chi connectivity index (χ0v) is 11.7. The Hall–Kier alpha value is -2.73. The fraction of sp³-hybridized carbons (Fsp3) is 0. The Morgan fingerprint density at radius 2 is 1.86 bits per heavy atom. The molecule has 0 saturated carbocycles. The molecule has 0 bridgehead atoms. The van der Waals surface area contributed by atoms with Crippen LogP contribution in [0.2, 0.25) is 0 Å². The van der Waals surface area contributed by atoms with E-state index >= 15 is 0 Å². The van der Waals surface area contributed by atoms with Gasteiger partial charge in [-0.3, -0.25) is 10.1 Å². The molecule has 0 aliphatic heterocycles. The first kappa shape index (κ1) is 13.3. The first-order chi connectivity index (χ1) is 10.2. The van der Waals surface area contributed by atoms with E-state index in [1.807, 2.05) is 35.7 Å². The van der Waals surface area contributed by atoms with Crippen molar-refractivity contribution in [3.63, 3.8) is 0 Å². The van der Waals surface area contributed by atoms with Crippen molar-refractivity contribution in [1.29, 1.82) is 0 Å². The van der Waals surface area contributed by atoms with Crippen LogP contribution in [0.5, 0.6) is 0 Å². The second-order valence-electron chi connectivity index (χ2n) is 4.30. The van der Waals surface area contributed by atoms with Crippen molar-refractivity contribution < 1.29 is 9.52 Å². The Kier molecular flexibility index (Phi) is 3.61. The summed E-state index contributed by atoms with van der Waals surface area (Å²) in [5.74, 6) is -0.287. The first-order valence-corrected chi connectivity index (χ1v) is 7.11. The Morgan fingerprint density at radius 3 is 2.57 bits per heavy atom. The topological polar surface area (TPSA) is 68.9 Å². The number of hydrogen-bond acceptors (Lipinski definition) is 4. The zero-order valence-electron chi connectivity index (χ0n) is 10.9. The number of carbonyl (C=O) groups is 1. The van der Waals surface area contributed by atoms with E-state index in [0.29, 0.717) is 15.4 Å². The Labute approximate surface area is 125 Å². The maximum atomic E-state index is 12.0. The van der Waals surface area contributed by atoms with E-state index in [0.717, 1.165) is 11.3 Å². The molecule has 1 amide bonds. The highest BCUT2D eigenvalue weighted by atomic mass is 32.1. The van der Waals surface area contributed by atoms with Gasteiger partial charge in [-0.15, -0.1) is 11.3 Å². The standard InChI is InChI=1S/C15H11N3O2S/c19-14(12-6-8-18(20)9-7-12)17-15-16-13(10-21-15)11-4-2-1-3-5-11/h1-10H,(H,16,17,19). The SMILES string of the molecule is O=C(Nc1nc(-c2ccccc2)cs1)c1cc[n+]([O-])cc1. The van der Waals surface area contributed by atoms with E-state index in [-0.39, 0.29) is 5.91 Å². The van der Waals surface area contributed by atoms with Crippen LogP contribution >= 0.6 is 11.3 Å². The summed E-state index contributed by atoms with van der Waals surface area (Å²) >= 11 is 1.36. The van der Waals surface area contributed by atoms with Crippen molar-refractivity contribution in [3.05, 3.63) is 71.0 Å². The molecule has 21 heavy (non-hydrogen) atoms. The van der Waals surface area contributed by atoms with Crippen molar-refractivity contribution in [2.75, 3.05) is 5.32 Å². The molecule has 1 aromatic carbocycles. The highest BCUT2D eigenvalue weighted by Gasteiger charge is 2.10. The molecular formula is C15H11N3O2S. The molecule has 2 heterocycles. The van der Waals surface area contributed by atoms with Gasteiger partial charge in [0.25, 0.3) is 5.91 Å². The number of aromatic nitrogens is 2. The molecule has 0 unspecified atom stereocenters. The highest BCUT2D eigenvalue weighted by Crippen LogP contribution is 2.24. The number of nitrogens with zero attached hydrogens (tertiary/aromatic N) is 2. The molecule has 0 radical (unpaired) electrons. The smallest absolute Gasteiger partial charge is 0.257 e. The van der Waals surface area contributed by atoms with E-state index in [1.165, 1.54) is 35.9 Å². The number of amides is 1. The maximum Gasteiger partial charge on any atom is 0.257 e. The summed E-state index contributed by atoms with van der Waals surface area (Å²) in [4.78, 5) is 16.4. The molecule has 1 N–H and O–H groups in total. The molecule has 0 atom stereocenters. The van der Waals surface area contributed by atoms with Crippen LogP contribution in [0.1, 0.15) is 10.4 Å². The third-order valence-electron chi connectivity index (χ3n) is 2.86. The molecule has 3 rings (SSSR count). The lowest BCUT2D eigenvalue weighted by Crippen LogP contribution is -2.25. The molecule has 2 aromatic heterocycles.